The molecule has 0 saturated heterocycles. The van der Waals surface area contributed by atoms with Crippen LogP contribution in [0.4, 0.5) is 0 Å². The number of aliphatic hydroxyl groups is 1. The van der Waals surface area contributed by atoms with Crippen LogP contribution in [0.1, 0.15) is 36.0 Å². The van der Waals surface area contributed by atoms with Gasteiger partial charge in [0.15, 0.2) is 5.78 Å². The fraction of sp³-hybridized carbons (Fsp3) is 0.261. The summed E-state index contributed by atoms with van der Waals surface area (Å²) in [6.45, 7) is 0.863. The average molecular weight is 360 g/mol. The number of Topliss-reactive ketones (excluding diaryl/α,β-unsaturated/α-hetero) is 1. The Morgan fingerprint density at radius 1 is 1.19 bits per heavy atom. The van der Waals surface area contributed by atoms with Crippen LogP contribution in [-0.2, 0) is 16.1 Å². The van der Waals surface area contributed by atoms with E-state index in [2.05, 4.69) is 11.8 Å². The standard InChI is InChI=1S/C23H20O4/c24-21-9-4-12-23(25)20(21)15-19-14-17(10-11-22(19)27-23)8-5-13-26-16-18-6-2-1-3-7-18/h1-3,6-7,10-11,14-15,25H,4,9,12-13,16H2. The van der Waals surface area contributed by atoms with Crippen molar-refractivity contribution in [2.75, 3.05) is 6.61 Å². The van der Waals surface area contributed by atoms with Crippen molar-refractivity contribution in [1.29, 1.82) is 0 Å². The number of carbonyl (C=O) groups is 1. The van der Waals surface area contributed by atoms with Crippen molar-refractivity contribution in [3.05, 3.63) is 70.8 Å². The molecule has 2 aliphatic rings. The van der Waals surface area contributed by atoms with Gasteiger partial charge in [-0.2, -0.15) is 0 Å². The molecule has 1 aliphatic carbocycles. The molecule has 2 aromatic carbocycles. The monoisotopic (exact) mass is 360 g/mol. The minimum Gasteiger partial charge on any atom is -0.457 e. The molecular weight excluding hydrogens is 340 g/mol. The molecule has 4 rings (SSSR count). The number of hydrogen-bond donors (Lipinski definition) is 1. The van der Waals surface area contributed by atoms with Gasteiger partial charge >= 0.3 is 0 Å². The summed E-state index contributed by atoms with van der Waals surface area (Å²) in [5.74, 6) is 5.10. The second-order valence-electron chi connectivity index (χ2n) is 6.75. The Morgan fingerprint density at radius 2 is 2.04 bits per heavy atom. The molecule has 1 atom stereocenters. The van der Waals surface area contributed by atoms with E-state index in [4.69, 9.17) is 9.47 Å². The average Bonchev–Trinajstić information content (AvgIpc) is 2.67. The first-order chi connectivity index (χ1) is 13.1. The van der Waals surface area contributed by atoms with Crippen LogP contribution in [-0.4, -0.2) is 23.3 Å². The maximum Gasteiger partial charge on any atom is 0.238 e. The third-order valence-corrected chi connectivity index (χ3v) is 4.75. The van der Waals surface area contributed by atoms with Crippen molar-refractivity contribution in [2.24, 2.45) is 0 Å². The maximum absolute atomic E-state index is 12.1. The van der Waals surface area contributed by atoms with Gasteiger partial charge in [0, 0.05) is 24.0 Å². The van der Waals surface area contributed by atoms with E-state index in [9.17, 15) is 9.90 Å². The number of carbonyl (C=O) groups excluding carboxylic acids is 1. The largest absolute Gasteiger partial charge is 0.457 e. The van der Waals surface area contributed by atoms with E-state index in [1.54, 1.807) is 12.1 Å². The molecule has 0 spiro atoms. The molecule has 1 aliphatic heterocycles. The molecule has 0 bridgehead atoms. The third-order valence-electron chi connectivity index (χ3n) is 4.75. The number of rotatable bonds is 3. The van der Waals surface area contributed by atoms with Gasteiger partial charge < -0.3 is 14.6 Å². The predicted octanol–water partition coefficient (Wildman–Crippen LogP) is 3.47. The van der Waals surface area contributed by atoms with E-state index in [1.807, 2.05) is 42.5 Å². The van der Waals surface area contributed by atoms with Crippen molar-refractivity contribution >= 4 is 11.9 Å². The van der Waals surface area contributed by atoms with E-state index >= 15 is 0 Å². The van der Waals surface area contributed by atoms with Crippen LogP contribution in [0.3, 0.4) is 0 Å². The summed E-state index contributed by atoms with van der Waals surface area (Å²) in [5.41, 5.74) is 3.03. The summed E-state index contributed by atoms with van der Waals surface area (Å²) in [6, 6.07) is 15.5. The second-order valence-corrected chi connectivity index (χ2v) is 6.75. The van der Waals surface area contributed by atoms with E-state index in [0.717, 1.165) is 16.7 Å². The molecule has 1 saturated carbocycles. The zero-order valence-electron chi connectivity index (χ0n) is 14.9. The number of ether oxygens (including phenoxy) is 2. The lowest BCUT2D eigenvalue weighted by atomic mass is 9.84. The number of ketones is 1. The highest BCUT2D eigenvalue weighted by Crippen LogP contribution is 2.40. The molecule has 136 valence electrons. The van der Waals surface area contributed by atoms with Crippen molar-refractivity contribution in [3.8, 4) is 17.6 Å². The molecule has 2 aromatic rings. The lowest BCUT2D eigenvalue weighted by Crippen LogP contribution is -2.45. The number of hydrogen-bond acceptors (Lipinski definition) is 4. The smallest absolute Gasteiger partial charge is 0.238 e. The first kappa shape index (κ1) is 17.5. The lowest BCUT2D eigenvalue weighted by molar-refractivity contribution is -0.142. The van der Waals surface area contributed by atoms with Gasteiger partial charge in [0.1, 0.15) is 12.4 Å². The molecule has 1 fully saturated rings. The summed E-state index contributed by atoms with van der Waals surface area (Å²) >= 11 is 0. The van der Waals surface area contributed by atoms with Crippen molar-refractivity contribution in [2.45, 2.75) is 31.7 Å². The highest BCUT2D eigenvalue weighted by Gasteiger charge is 2.43. The van der Waals surface area contributed by atoms with Crippen LogP contribution in [0, 0.1) is 11.8 Å². The van der Waals surface area contributed by atoms with Gasteiger partial charge in [0.25, 0.3) is 0 Å². The first-order valence-electron chi connectivity index (χ1n) is 9.05. The fourth-order valence-corrected chi connectivity index (χ4v) is 3.38. The lowest BCUT2D eigenvalue weighted by Gasteiger charge is -2.37. The molecule has 27 heavy (non-hydrogen) atoms. The molecule has 0 amide bonds. The van der Waals surface area contributed by atoms with Crippen LogP contribution < -0.4 is 4.74 Å². The first-order valence-corrected chi connectivity index (χ1v) is 9.05. The highest BCUT2D eigenvalue weighted by atomic mass is 16.6. The zero-order valence-corrected chi connectivity index (χ0v) is 14.9. The molecule has 1 N–H and O–H groups in total. The van der Waals surface area contributed by atoms with Crippen LogP contribution in [0.25, 0.3) is 6.08 Å². The van der Waals surface area contributed by atoms with E-state index in [0.29, 0.717) is 43.8 Å². The van der Waals surface area contributed by atoms with Crippen LogP contribution in [0.15, 0.2) is 54.1 Å². The maximum atomic E-state index is 12.1. The molecule has 1 heterocycles. The van der Waals surface area contributed by atoms with Gasteiger partial charge in [0.2, 0.25) is 5.79 Å². The highest BCUT2D eigenvalue weighted by molar-refractivity contribution is 6.02. The van der Waals surface area contributed by atoms with E-state index in [-0.39, 0.29) is 5.78 Å². The summed E-state index contributed by atoms with van der Waals surface area (Å²) in [5, 5.41) is 10.6. The van der Waals surface area contributed by atoms with Crippen LogP contribution >= 0.6 is 0 Å². The summed E-state index contributed by atoms with van der Waals surface area (Å²) in [4.78, 5) is 12.1. The molecule has 4 nitrogen and oxygen atoms in total. The topological polar surface area (TPSA) is 55.8 Å². The van der Waals surface area contributed by atoms with Gasteiger partial charge in [-0.3, -0.25) is 4.79 Å². The zero-order chi connectivity index (χ0) is 18.7. The normalized spacial score (nSPS) is 20.5. The third kappa shape index (κ3) is 3.80. The minimum atomic E-state index is -1.49. The SMILES string of the molecule is O=C1CCCC2(O)Oc3ccc(C#CCOCc4ccccc4)cc3C=C12. The van der Waals surface area contributed by atoms with E-state index in [1.165, 1.54) is 0 Å². The summed E-state index contributed by atoms with van der Waals surface area (Å²) in [7, 11) is 0. The quantitative estimate of drug-likeness (QED) is 0.673. The van der Waals surface area contributed by atoms with Crippen molar-refractivity contribution in [1.82, 2.24) is 0 Å². The predicted molar refractivity (Wildman–Crippen MR) is 102 cm³/mol. The summed E-state index contributed by atoms with van der Waals surface area (Å²) in [6.07, 6.45) is 3.25. The van der Waals surface area contributed by atoms with Gasteiger partial charge in [0.05, 0.1) is 12.2 Å². The molecule has 0 aromatic heterocycles. The van der Waals surface area contributed by atoms with Gasteiger partial charge in [-0.15, -0.1) is 0 Å². The Hall–Kier alpha value is -2.87. The molecule has 1 unspecified atom stereocenters. The Labute approximate surface area is 158 Å². The number of fused-ring (bicyclic) bond motifs is 2. The molecule has 4 heteroatoms. The van der Waals surface area contributed by atoms with Crippen molar-refractivity contribution in [3.63, 3.8) is 0 Å². The van der Waals surface area contributed by atoms with Crippen LogP contribution in [0.2, 0.25) is 0 Å². The minimum absolute atomic E-state index is 0.0554. The Morgan fingerprint density at radius 3 is 2.89 bits per heavy atom. The molecular formula is C23H20O4. The Balaban J connectivity index is 1.44. The Kier molecular flexibility index (Phi) is 4.81. The van der Waals surface area contributed by atoms with Gasteiger partial charge in [-0.05, 0) is 36.3 Å². The Bertz CT molecular complexity index is 949. The molecule has 0 radical (unpaired) electrons. The van der Waals surface area contributed by atoms with E-state index < -0.39 is 5.79 Å². The second kappa shape index (κ2) is 7.40. The summed E-state index contributed by atoms with van der Waals surface area (Å²) < 4.78 is 11.3. The van der Waals surface area contributed by atoms with Crippen molar-refractivity contribution < 1.29 is 19.4 Å². The van der Waals surface area contributed by atoms with Crippen LogP contribution in [0.5, 0.6) is 5.75 Å². The van der Waals surface area contributed by atoms with Gasteiger partial charge in [-0.1, -0.05) is 42.2 Å². The fourth-order valence-electron chi connectivity index (χ4n) is 3.38. The van der Waals surface area contributed by atoms with Gasteiger partial charge in [-0.25, -0.2) is 0 Å². The number of benzene rings is 2.